The van der Waals surface area contributed by atoms with Crippen LogP contribution in [0.4, 0.5) is 0 Å². The van der Waals surface area contributed by atoms with E-state index in [1.807, 2.05) is 6.92 Å². The number of hydrogen-bond acceptors (Lipinski definition) is 2. The van der Waals surface area contributed by atoms with Crippen LogP contribution in [0.2, 0.25) is 0 Å². The first kappa shape index (κ1) is 12.0. The van der Waals surface area contributed by atoms with Crippen LogP contribution in [-0.4, -0.2) is 24.4 Å². The molecule has 1 saturated carbocycles. The van der Waals surface area contributed by atoms with Crippen molar-refractivity contribution in [1.29, 1.82) is 0 Å². The van der Waals surface area contributed by atoms with E-state index in [1.165, 1.54) is 25.7 Å². The predicted molar refractivity (Wildman–Crippen MR) is 58.2 cm³/mol. The van der Waals surface area contributed by atoms with Gasteiger partial charge in [-0.05, 0) is 38.0 Å². The first-order chi connectivity index (χ1) is 6.63. The lowest BCUT2D eigenvalue weighted by Gasteiger charge is -2.31. The van der Waals surface area contributed by atoms with E-state index in [4.69, 9.17) is 4.74 Å². The second-order valence-electron chi connectivity index (χ2n) is 4.88. The lowest BCUT2D eigenvalue weighted by molar-refractivity contribution is 0.0129. The summed E-state index contributed by atoms with van der Waals surface area (Å²) in [6.45, 7) is 4.31. The van der Waals surface area contributed by atoms with Gasteiger partial charge in [0.05, 0.1) is 12.2 Å². The fourth-order valence-electron chi connectivity index (χ4n) is 2.46. The van der Waals surface area contributed by atoms with Crippen molar-refractivity contribution >= 4 is 0 Å². The second kappa shape index (κ2) is 5.72. The van der Waals surface area contributed by atoms with Crippen molar-refractivity contribution in [3.05, 3.63) is 0 Å². The molecule has 0 radical (unpaired) electrons. The van der Waals surface area contributed by atoms with Crippen molar-refractivity contribution in [2.45, 2.75) is 58.2 Å². The first-order valence-corrected chi connectivity index (χ1v) is 5.84. The van der Waals surface area contributed by atoms with Gasteiger partial charge in [0, 0.05) is 7.11 Å². The maximum Gasteiger partial charge on any atom is 0.0593 e. The normalized spacial score (nSPS) is 32.6. The minimum absolute atomic E-state index is 0.160. The molecule has 1 fully saturated rings. The van der Waals surface area contributed by atoms with E-state index in [0.717, 1.165) is 12.3 Å². The highest BCUT2D eigenvalue weighted by molar-refractivity contribution is 4.77. The van der Waals surface area contributed by atoms with Crippen molar-refractivity contribution in [3.8, 4) is 0 Å². The number of aliphatic hydroxyl groups excluding tert-OH is 1. The largest absolute Gasteiger partial charge is 0.393 e. The molecule has 1 rings (SSSR count). The highest BCUT2D eigenvalue weighted by Crippen LogP contribution is 2.32. The molecule has 0 aliphatic heterocycles. The fraction of sp³-hybridized carbons (Fsp3) is 1.00. The van der Waals surface area contributed by atoms with Crippen LogP contribution in [0.1, 0.15) is 46.0 Å². The van der Waals surface area contributed by atoms with Gasteiger partial charge in [0.1, 0.15) is 0 Å². The maximum absolute atomic E-state index is 10.0. The molecule has 2 nitrogen and oxygen atoms in total. The van der Waals surface area contributed by atoms with Crippen LogP contribution in [0.5, 0.6) is 0 Å². The first-order valence-electron chi connectivity index (χ1n) is 5.84. The summed E-state index contributed by atoms with van der Waals surface area (Å²) >= 11 is 0. The monoisotopic (exact) mass is 200 g/mol. The molecule has 14 heavy (non-hydrogen) atoms. The van der Waals surface area contributed by atoms with E-state index in [9.17, 15) is 5.11 Å². The van der Waals surface area contributed by atoms with Crippen LogP contribution in [0.15, 0.2) is 0 Å². The zero-order valence-electron chi connectivity index (χ0n) is 9.70. The summed E-state index contributed by atoms with van der Waals surface area (Å²) in [6.07, 6.45) is 5.82. The molecule has 0 bridgehead atoms. The van der Waals surface area contributed by atoms with Gasteiger partial charge in [0.15, 0.2) is 0 Å². The van der Waals surface area contributed by atoms with E-state index < -0.39 is 0 Å². The Morgan fingerprint density at radius 1 is 1.43 bits per heavy atom. The van der Waals surface area contributed by atoms with Crippen LogP contribution in [-0.2, 0) is 4.74 Å². The average Bonchev–Trinajstić information content (AvgIpc) is 2.17. The van der Waals surface area contributed by atoms with E-state index in [-0.39, 0.29) is 12.2 Å². The summed E-state index contributed by atoms with van der Waals surface area (Å²) in [5.41, 5.74) is 0. The smallest absolute Gasteiger partial charge is 0.0593 e. The van der Waals surface area contributed by atoms with Gasteiger partial charge in [-0.1, -0.05) is 19.8 Å². The van der Waals surface area contributed by atoms with Gasteiger partial charge in [-0.15, -0.1) is 0 Å². The van der Waals surface area contributed by atoms with Crippen LogP contribution in [0.25, 0.3) is 0 Å². The van der Waals surface area contributed by atoms with Crippen LogP contribution >= 0.6 is 0 Å². The van der Waals surface area contributed by atoms with Gasteiger partial charge >= 0.3 is 0 Å². The minimum atomic E-state index is -0.160. The number of hydrogen-bond donors (Lipinski definition) is 1. The molecule has 0 aromatic carbocycles. The third kappa shape index (κ3) is 3.58. The van der Waals surface area contributed by atoms with Crippen LogP contribution in [0, 0.1) is 11.8 Å². The minimum Gasteiger partial charge on any atom is -0.393 e. The standard InChI is InChI=1S/C12H24O2/c1-9-5-4-6-11(7-9)12(13)8-10(2)14-3/h9-13H,4-8H2,1-3H3. The Morgan fingerprint density at radius 3 is 2.71 bits per heavy atom. The van der Waals surface area contributed by atoms with Crippen molar-refractivity contribution in [2.24, 2.45) is 11.8 Å². The molecule has 1 N–H and O–H groups in total. The SMILES string of the molecule is COC(C)CC(O)C1CCCC(C)C1. The van der Waals surface area contributed by atoms with E-state index >= 15 is 0 Å². The summed E-state index contributed by atoms with van der Waals surface area (Å²) in [7, 11) is 1.71. The van der Waals surface area contributed by atoms with Crippen LogP contribution < -0.4 is 0 Å². The molecule has 0 aromatic rings. The molecule has 0 saturated heterocycles. The molecule has 1 aliphatic carbocycles. The third-order valence-corrected chi connectivity index (χ3v) is 3.50. The molecule has 0 spiro atoms. The molecule has 84 valence electrons. The molecule has 0 amide bonds. The Morgan fingerprint density at radius 2 is 2.14 bits per heavy atom. The molecule has 2 heteroatoms. The molecule has 4 unspecified atom stereocenters. The van der Waals surface area contributed by atoms with Crippen molar-refractivity contribution in [3.63, 3.8) is 0 Å². The van der Waals surface area contributed by atoms with Gasteiger partial charge in [0.2, 0.25) is 0 Å². The number of ether oxygens (including phenoxy) is 1. The Balaban J connectivity index is 2.31. The summed E-state index contributed by atoms with van der Waals surface area (Å²) in [4.78, 5) is 0. The molecular weight excluding hydrogens is 176 g/mol. The maximum atomic E-state index is 10.0. The van der Waals surface area contributed by atoms with Crippen molar-refractivity contribution in [1.82, 2.24) is 0 Å². The zero-order chi connectivity index (χ0) is 10.6. The molecule has 0 heterocycles. The Labute approximate surface area is 87.7 Å². The highest BCUT2D eigenvalue weighted by Gasteiger charge is 2.26. The van der Waals surface area contributed by atoms with Crippen molar-refractivity contribution in [2.75, 3.05) is 7.11 Å². The lowest BCUT2D eigenvalue weighted by Crippen LogP contribution is -2.29. The summed E-state index contributed by atoms with van der Waals surface area (Å²) in [5.74, 6) is 1.30. The van der Waals surface area contributed by atoms with Gasteiger partial charge in [-0.2, -0.15) is 0 Å². The topological polar surface area (TPSA) is 29.5 Å². The number of methoxy groups -OCH3 is 1. The van der Waals surface area contributed by atoms with Gasteiger partial charge in [-0.25, -0.2) is 0 Å². The van der Waals surface area contributed by atoms with E-state index in [0.29, 0.717) is 5.92 Å². The summed E-state index contributed by atoms with van der Waals surface area (Å²) in [5, 5.41) is 10.0. The average molecular weight is 200 g/mol. The number of rotatable bonds is 4. The quantitative estimate of drug-likeness (QED) is 0.756. The lowest BCUT2D eigenvalue weighted by atomic mass is 9.78. The van der Waals surface area contributed by atoms with Gasteiger partial charge < -0.3 is 9.84 Å². The molecule has 0 aromatic heterocycles. The Kier molecular flexibility index (Phi) is 4.90. The summed E-state index contributed by atoms with van der Waals surface area (Å²) in [6, 6.07) is 0. The molecule has 4 atom stereocenters. The molecule has 1 aliphatic rings. The third-order valence-electron chi connectivity index (χ3n) is 3.50. The second-order valence-corrected chi connectivity index (χ2v) is 4.88. The van der Waals surface area contributed by atoms with E-state index in [2.05, 4.69) is 6.92 Å². The molecular formula is C12H24O2. The fourth-order valence-corrected chi connectivity index (χ4v) is 2.46. The Bertz CT molecular complexity index is 158. The zero-order valence-corrected chi connectivity index (χ0v) is 9.70. The van der Waals surface area contributed by atoms with Crippen LogP contribution in [0.3, 0.4) is 0 Å². The number of aliphatic hydroxyl groups is 1. The van der Waals surface area contributed by atoms with Gasteiger partial charge in [-0.3, -0.25) is 0 Å². The summed E-state index contributed by atoms with van der Waals surface area (Å²) < 4.78 is 5.18. The van der Waals surface area contributed by atoms with Gasteiger partial charge in [0.25, 0.3) is 0 Å². The Hall–Kier alpha value is -0.0800. The van der Waals surface area contributed by atoms with E-state index in [1.54, 1.807) is 7.11 Å². The predicted octanol–water partition coefficient (Wildman–Crippen LogP) is 2.60. The highest BCUT2D eigenvalue weighted by atomic mass is 16.5. The van der Waals surface area contributed by atoms with Crippen molar-refractivity contribution < 1.29 is 9.84 Å².